The maximum absolute atomic E-state index is 12.5. The molecule has 144 valence electrons. The van der Waals surface area contributed by atoms with E-state index in [0.29, 0.717) is 22.9 Å². The van der Waals surface area contributed by atoms with Gasteiger partial charge in [0.2, 0.25) is 5.91 Å². The minimum Gasteiger partial charge on any atom is -0.341 e. The van der Waals surface area contributed by atoms with Crippen LogP contribution in [-0.4, -0.2) is 46.3 Å². The van der Waals surface area contributed by atoms with Crippen molar-refractivity contribution in [2.24, 2.45) is 11.8 Å². The van der Waals surface area contributed by atoms with Gasteiger partial charge in [-0.25, -0.2) is 0 Å². The first-order valence-corrected chi connectivity index (χ1v) is 10.0. The van der Waals surface area contributed by atoms with Crippen molar-refractivity contribution in [3.8, 4) is 0 Å². The van der Waals surface area contributed by atoms with Crippen molar-refractivity contribution in [1.29, 1.82) is 0 Å². The van der Waals surface area contributed by atoms with Gasteiger partial charge >= 0.3 is 0 Å². The fourth-order valence-electron chi connectivity index (χ4n) is 4.34. The molecule has 6 nitrogen and oxygen atoms in total. The second-order valence-corrected chi connectivity index (χ2v) is 8.01. The monoisotopic (exact) mass is 387 g/mol. The summed E-state index contributed by atoms with van der Waals surface area (Å²) in [5.74, 6) is 1.30. The zero-order valence-electron chi connectivity index (χ0n) is 15.4. The number of hydrogen-bond donors (Lipinski definition) is 2. The summed E-state index contributed by atoms with van der Waals surface area (Å²) in [7, 11) is 0. The van der Waals surface area contributed by atoms with Crippen LogP contribution in [0.1, 0.15) is 18.4 Å². The molecule has 27 heavy (non-hydrogen) atoms. The van der Waals surface area contributed by atoms with Gasteiger partial charge in [0, 0.05) is 31.9 Å². The third kappa shape index (κ3) is 4.51. The van der Waals surface area contributed by atoms with Crippen molar-refractivity contribution >= 4 is 17.5 Å². The van der Waals surface area contributed by atoms with E-state index in [2.05, 4.69) is 46.3 Å². The molecule has 0 bridgehead atoms. The zero-order valence-corrected chi connectivity index (χ0v) is 16.1. The van der Waals surface area contributed by atoms with Crippen LogP contribution in [0.5, 0.6) is 0 Å². The molecule has 1 aromatic heterocycles. The van der Waals surface area contributed by atoms with Gasteiger partial charge in [-0.05, 0) is 36.7 Å². The Labute approximate surface area is 164 Å². The van der Waals surface area contributed by atoms with Crippen molar-refractivity contribution in [2.45, 2.75) is 31.8 Å². The van der Waals surface area contributed by atoms with Crippen molar-refractivity contribution < 1.29 is 4.79 Å². The molecule has 0 saturated carbocycles. The Kier molecular flexibility index (Phi) is 5.76. The number of hydrogen-bond acceptors (Lipinski definition) is 4. The van der Waals surface area contributed by atoms with E-state index < -0.39 is 0 Å². The van der Waals surface area contributed by atoms with Crippen molar-refractivity contribution in [3.63, 3.8) is 0 Å². The number of benzene rings is 1. The number of nitrogens with one attached hydrogen (secondary N) is 2. The molecule has 2 N–H and O–H groups in total. The van der Waals surface area contributed by atoms with Crippen LogP contribution in [-0.2, 0) is 17.8 Å². The van der Waals surface area contributed by atoms with Crippen molar-refractivity contribution in [1.82, 2.24) is 25.5 Å². The average molecular weight is 388 g/mol. The molecule has 2 aliphatic rings. The fourth-order valence-corrected chi connectivity index (χ4v) is 4.50. The van der Waals surface area contributed by atoms with Crippen LogP contribution >= 0.6 is 11.6 Å². The largest absolute Gasteiger partial charge is 0.341 e. The fraction of sp³-hybridized carbons (Fsp3) is 0.500. The van der Waals surface area contributed by atoms with E-state index in [4.69, 9.17) is 11.6 Å². The number of hydrazine groups is 1. The molecule has 2 unspecified atom stereocenters. The number of piperidine rings is 1. The third-order valence-corrected chi connectivity index (χ3v) is 5.98. The lowest BCUT2D eigenvalue weighted by molar-refractivity contribution is -0.133. The summed E-state index contributed by atoms with van der Waals surface area (Å²) in [6, 6.07) is 11.2. The highest BCUT2D eigenvalue weighted by Crippen LogP contribution is 2.28. The molecule has 1 amide bonds. The summed E-state index contributed by atoms with van der Waals surface area (Å²) in [5, 5.41) is 4.66. The molecule has 3 heterocycles. The normalized spacial score (nSPS) is 23.7. The van der Waals surface area contributed by atoms with Gasteiger partial charge in [0.15, 0.2) is 0 Å². The highest BCUT2D eigenvalue weighted by molar-refractivity contribution is 6.30. The van der Waals surface area contributed by atoms with Gasteiger partial charge in [0.05, 0.1) is 11.2 Å². The Hall–Kier alpha value is -1.89. The highest BCUT2D eigenvalue weighted by atomic mass is 35.5. The van der Waals surface area contributed by atoms with Crippen LogP contribution < -0.4 is 10.9 Å². The number of rotatable bonds is 5. The second-order valence-electron chi connectivity index (χ2n) is 7.58. The molecule has 2 aliphatic heterocycles. The topological polar surface area (TPSA) is 62.2 Å². The number of carbonyl (C=O) groups excluding carboxylic acids is 1. The number of aromatic nitrogens is 2. The van der Waals surface area contributed by atoms with E-state index in [0.717, 1.165) is 38.9 Å². The summed E-state index contributed by atoms with van der Waals surface area (Å²) in [6.07, 6.45) is 6.42. The predicted octanol–water partition coefficient (Wildman–Crippen LogP) is 2.11. The maximum atomic E-state index is 12.5. The summed E-state index contributed by atoms with van der Waals surface area (Å²) in [6.45, 7) is 2.89. The quantitative estimate of drug-likeness (QED) is 0.824. The lowest BCUT2D eigenvalue weighted by atomic mass is 9.81. The van der Waals surface area contributed by atoms with Gasteiger partial charge in [-0.2, -0.15) is 5.10 Å². The Morgan fingerprint density at radius 1 is 1.22 bits per heavy atom. The van der Waals surface area contributed by atoms with Crippen LogP contribution in [0.15, 0.2) is 42.7 Å². The molecular weight excluding hydrogens is 362 g/mol. The number of nitrogens with zero attached hydrogens (tertiary/aromatic N) is 3. The van der Waals surface area contributed by atoms with E-state index in [9.17, 15) is 4.79 Å². The van der Waals surface area contributed by atoms with Gasteiger partial charge in [0.25, 0.3) is 0 Å². The van der Waals surface area contributed by atoms with Gasteiger partial charge in [-0.3, -0.25) is 20.3 Å². The molecule has 2 aromatic rings. The van der Waals surface area contributed by atoms with E-state index in [1.807, 2.05) is 4.90 Å². The van der Waals surface area contributed by atoms with E-state index in [1.54, 1.807) is 17.1 Å². The Morgan fingerprint density at radius 2 is 2.00 bits per heavy atom. The van der Waals surface area contributed by atoms with Crippen LogP contribution in [0.3, 0.4) is 0 Å². The van der Waals surface area contributed by atoms with Crippen molar-refractivity contribution in [3.05, 3.63) is 53.3 Å². The Balaban J connectivity index is 1.29. The number of likely N-dealkylation sites (tertiary alicyclic amines) is 1. The van der Waals surface area contributed by atoms with Gasteiger partial charge in [-0.1, -0.05) is 41.9 Å². The molecule has 2 atom stereocenters. The molecule has 2 fully saturated rings. The average Bonchev–Trinajstić information content (AvgIpc) is 3.31. The maximum Gasteiger partial charge on any atom is 0.244 e. The van der Waals surface area contributed by atoms with Crippen LogP contribution in [0.4, 0.5) is 0 Å². The van der Waals surface area contributed by atoms with E-state index in [1.165, 1.54) is 5.56 Å². The molecule has 2 saturated heterocycles. The minimum atomic E-state index is 0.117. The number of carbonyl (C=O) groups is 1. The molecule has 1 aromatic carbocycles. The zero-order chi connectivity index (χ0) is 18.6. The standard InChI is InChI=1S/C20H26ClN5O/c21-18-12-23-26(13-18)14-19(27)25-8-6-16(7-9-25)20-17(11-22-24-20)10-15-4-2-1-3-5-15/h1-5,12-13,16-17,20,22,24H,6-11,14H2. The number of amides is 1. The summed E-state index contributed by atoms with van der Waals surface area (Å²) in [4.78, 5) is 14.5. The third-order valence-electron chi connectivity index (χ3n) is 5.78. The summed E-state index contributed by atoms with van der Waals surface area (Å²) in [5.41, 5.74) is 8.25. The lowest BCUT2D eigenvalue weighted by Gasteiger charge is -2.36. The Bertz CT molecular complexity index is 757. The lowest BCUT2D eigenvalue weighted by Crippen LogP contribution is -2.47. The first-order valence-electron chi connectivity index (χ1n) is 9.67. The molecule has 0 spiro atoms. The van der Waals surface area contributed by atoms with Gasteiger partial charge in [0.1, 0.15) is 6.54 Å². The first-order chi connectivity index (χ1) is 13.2. The van der Waals surface area contributed by atoms with Crippen LogP contribution in [0.25, 0.3) is 0 Å². The summed E-state index contributed by atoms with van der Waals surface area (Å²) < 4.78 is 1.61. The van der Waals surface area contributed by atoms with Crippen molar-refractivity contribution in [2.75, 3.05) is 19.6 Å². The second kappa shape index (κ2) is 8.42. The molecule has 4 rings (SSSR count). The molecule has 0 radical (unpaired) electrons. The van der Waals surface area contributed by atoms with E-state index >= 15 is 0 Å². The molecule has 7 heteroatoms. The van der Waals surface area contributed by atoms with Crippen LogP contribution in [0.2, 0.25) is 5.02 Å². The molecule has 0 aliphatic carbocycles. The SMILES string of the molecule is O=C(Cn1cc(Cl)cn1)N1CCC(C2NNCC2Cc2ccccc2)CC1. The van der Waals surface area contributed by atoms with E-state index in [-0.39, 0.29) is 12.5 Å². The first kappa shape index (κ1) is 18.5. The highest BCUT2D eigenvalue weighted by Gasteiger charge is 2.36. The minimum absolute atomic E-state index is 0.117. The smallest absolute Gasteiger partial charge is 0.244 e. The summed E-state index contributed by atoms with van der Waals surface area (Å²) >= 11 is 5.87. The Morgan fingerprint density at radius 3 is 2.70 bits per heavy atom. The predicted molar refractivity (Wildman–Crippen MR) is 105 cm³/mol. The molecular formula is C20H26ClN5O. The number of halogens is 1. The van der Waals surface area contributed by atoms with Gasteiger partial charge < -0.3 is 4.90 Å². The van der Waals surface area contributed by atoms with Crippen LogP contribution in [0, 0.1) is 11.8 Å². The van der Waals surface area contributed by atoms with Gasteiger partial charge in [-0.15, -0.1) is 0 Å².